The van der Waals surface area contributed by atoms with E-state index in [0.717, 1.165) is 25.6 Å². The monoisotopic (exact) mass is 198 g/mol. The first-order valence-electron chi connectivity index (χ1n) is 5.72. The molecule has 2 aliphatic rings. The maximum absolute atomic E-state index is 5.60. The molecule has 2 N–H and O–H groups in total. The molecule has 0 aromatic heterocycles. The van der Waals surface area contributed by atoms with Gasteiger partial charge in [0, 0.05) is 38.7 Å². The molecule has 0 radical (unpaired) electrons. The van der Waals surface area contributed by atoms with Crippen molar-refractivity contribution >= 4 is 0 Å². The second kappa shape index (κ2) is 4.17. The van der Waals surface area contributed by atoms with Gasteiger partial charge < -0.3 is 15.4 Å². The Morgan fingerprint density at radius 2 is 2.43 bits per heavy atom. The third-order valence-corrected chi connectivity index (χ3v) is 3.99. The van der Waals surface area contributed by atoms with Crippen LogP contribution >= 0.6 is 0 Å². The van der Waals surface area contributed by atoms with Crippen LogP contribution in [0, 0.1) is 11.3 Å². The van der Waals surface area contributed by atoms with Crippen molar-refractivity contribution < 1.29 is 4.74 Å². The Kier molecular flexibility index (Phi) is 3.10. The fourth-order valence-corrected chi connectivity index (χ4v) is 3.40. The fraction of sp³-hybridized carbons (Fsp3) is 1.00. The number of nitrogens with zero attached hydrogens (tertiary/aromatic N) is 1. The highest BCUT2D eigenvalue weighted by molar-refractivity contribution is 5.00. The fourth-order valence-electron chi connectivity index (χ4n) is 3.40. The SMILES string of the molecule is COCC12CCCC1CN(CCN)C2. The Hall–Kier alpha value is -0.120. The second-order valence-electron chi connectivity index (χ2n) is 4.91. The molecule has 1 heterocycles. The molecule has 3 nitrogen and oxygen atoms in total. The van der Waals surface area contributed by atoms with E-state index in [4.69, 9.17) is 10.5 Å². The zero-order valence-corrected chi connectivity index (χ0v) is 9.17. The molecule has 3 heteroatoms. The van der Waals surface area contributed by atoms with Gasteiger partial charge >= 0.3 is 0 Å². The number of hydrogen-bond donors (Lipinski definition) is 1. The van der Waals surface area contributed by atoms with Crippen LogP contribution in [0.15, 0.2) is 0 Å². The number of likely N-dealkylation sites (tertiary alicyclic amines) is 1. The molecule has 1 saturated heterocycles. The van der Waals surface area contributed by atoms with E-state index in [2.05, 4.69) is 4.90 Å². The molecular weight excluding hydrogens is 176 g/mol. The smallest absolute Gasteiger partial charge is 0.0534 e. The lowest BCUT2D eigenvalue weighted by molar-refractivity contribution is 0.0706. The summed E-state index contributed by atoms with van der Waals surface area (Å²) in [5.41, 5.74) is 6.08. The molecule has 2 unspecified atom stereocenters. The average molecular weight is 198 g/mol. The van der Waals surface area contributed by atoms with Gasteiger partial charge in [-0.25, -0.2) is 0 Å². The topological polar surface area (TPSA) is 38.5 Å². The third-order valence-electron chi connectivity index (χ3n) is 3.99. The van der Waals surface area contributed by atoms with Crippen LogP contribution in [-0.2, 0) is 4.74 Å². The Labute approximate surface area is 86.6 Å². The van der Waals surface area contributed by atoms with Gasteiger partial charge in [0.2, 0.25) is 0 Å². The molecule has 82 valence electrons. The highest BCUT2D eigenvalue weighted by Gasteiger charge is 2.48. The summed E-state index contributed by atoms with van der Waals surface area (Å²) in [6.07, 6.45) is 4.14. The Morgan fingerprint density at radius 3 is 3.14 bits per heavy atom. The van der Waals surface area contributed by atoms with E-state index in [1.54, 1.807) is 0 Å². The minimum atomic E-state index is 0.476. The Balaban J connectivity index is 1.99. The summed E-state index contributed by atoms with van der Waals surface area (Å²) in [6.45, 7) is 5.25. The van der Waals surface area contributed by atoms with Crippen LogP contribution in [0.3, 0.4) is 0 Å². The van der Waals surface area contributed by atoms with Crippen LogP contribution in [-0.4, -0.2) is 44.8 Å². The highest BCUT2D eigenvalue weighted by atomic mass is 16.5. The van der Waals surface area contributed by atoms with Crippen molar-refractivity contribution in [3.63, 3.8) is 0 Å². The largest absolute Gasteiger partial charge is 0.384 e. The van der Waals surface area contributed by atoms with Gasteiger partial charge in [0.15, 0.2) is 0 Å². The summed E-state index contributed by atoms with van der Waals surface area (Å²) in [6, 6.07) is 0. The maximum Gasteiger partial charge on any atom is 0.0534 e. The molecule has 0 aromatic carbocycles. The number of ether oxygens (including phenoxy) is 1. The molecule has 14 heavy (non-hydrogen) atoms. The van der Waals surface area contributed by atoms with Gasteiger partial charge in [-0.3, -0.25) is 0 Å². The van der Waals surface area contributed by atoms with E-state index in [9.17, 15) is 0 Å². The van der Waals surface area contributed by atoms with Gasteiger partial charge in [-0.15, -0.1) is 0 Å². The molecule has 2 fully saturated rings. The van der Waals surface area contributed by atoms with Crippen molar-refractivity contribution in [3.8, 4) is 0 Å². The van der Waals surface area contributed by atoms with Crippen LogP contribution in [0.1, 0.15) is 19.3 Å². The van der Waals surface area contributed by atoms with E-state index in [1.807, 2.05) is 7.11 Å². The van der Waals surface area contributed by atoms with Crippen molar-refractivity contribution in [3.05, 3.63) is 0 Å². The predicted molar refractivity (Wildman–Crippen MR) is 57.1 cm³/mol. The van der Waals surface area contributed by atoms with Crippen molar-refractivity contribution in [1.82, 2.24) is 4.90 Å². The van der Waals surface area contributed by atoms with E-state index in [0.29, 0.717) is 5.41 Å². The molecular formula is C11H22N2O. The van der Waals surface area contributed by atoms with Crippen molar-refractivity contribution in [1.29, 1.82) is 0 Å². The first-order chi connectivity index (χ1) is 6.80. The Morgan fingerprint density at radius 1 is 1.57 bits per heavy atom. The summed E-state index contributed by atoms with van der Waals surface area (Å²) in [5.74, 6) is 0.869. The minimum absolute atomic E-state index is 0.476. The van der Waals surface area contributed by atoms with Gasteiger partial charge in [0.25, 0.3) is 0 Å². The van der Waals surface area contributed by atoms with Crippen LogP contribution < -0.4 is 5.73 Å². The zero-order chi connectivity index (χ0) is 10.0. The number of methoxy groups -OCH3 is 1. The van der Waals surface area contributed by atoms with Crippen molar-refractivity contribution in [2.45, 2.75) is 19.3 Å². The number of fused-ring (bicyclic) bond motifs is 1. The summed E-state index contributed by atoms with van der Waals surface area (Å²) < 4.78 is 5.40. The average Bonchev–Trinajstić information content (AvgIpc) is 2.61. The normalized spacial score (nSPS) is 37.7. The van der Waals surface area contributed by atoms with Crippen molar-refractivity contribution in [2.24, 2.45) is 17.1 Å². The quantitative estimate of drug-likeness (QED) is 0.722. The molecule has 1 aliphatic carbocycles. The first kappa shape index (κ1) is 10.4. The molecule has 0 bridgehead atoms. The van der Waals surface area contributed by atoms with Gasteiger partial charge in [-0.2, -0.15) is 0 Å². The molecule has 2 rings (SSSR count). The van der Waals surface area contributed by atoms with Crippen LogP contribution in [0.2, 0.25) is 0 Å². The van der Waals surface area contributed by atoms with Crippen LogP contribution in [0.4, 0.5) is 0 Å². The lowest BCUT2D eigenvalue weighted by atomic mass is 9.82. The highest BCUT2D eigenvalue weighted by Crippen LogP contribution is 2.48. The first-order valence-corrected chi connectivity index (χ1v) is 5.72. The van der Waals surface area contributed by atoms with Crippen LogP contribution in [0.5, 0.6) is 0 Å². The molecule has 1 aliphatic heterocycles. The summed E-state index contributed by atoms with van der Waals surface area (Å²) in [4.78, 5) is 2.52. The molecule has 0 amide bonds. The third kappa shape index (κ3) is 1.69. The lowest BCUT2D eigenvalue weighted by Gasteiger charge is -2.27. The molecule has 2 atom stereocenters. The number of nitrogens with two attached hydrogens (primary N) is 1. The van der Waals surface area contributed by atoms with Gasteiger partial charge in [-0.05, 0) is 18.8 Å². The predicted octanol–water partition coefficient (Wildman–Crippen LogP) is 0.694. The Bertz CT molecular complexity index is 198. The maximum atomic E-state index is 5.60. The summed E-state index contributed by atoms with van der Waals surface area (Å²) >= 11 is 0. The zero-order valence-electron chi connectivity index (χ0n) is 9.17. The molecule has 0 spiro atoms. The summed E-state index contributed by atoms with van der Waals surface area (Å²) in [7, 11) is 1.83. The standard InChI is InChI=1S/C11H22N2O/c1-14-9-11-4-2-3-10(11)7-13(8-11)6-5-12/h10H,2-9,12H2,1H3. The second-order valence-corrected chi connectivity index (χ2v) is 4.91. The van der Waals surface area contributed by atoms with E-state index in [1.165, 1.54) is 32.4 Å². The number of rotatable bonds is 4. The molecule has 1 saturated carbocycles. The van der Waals surface area contributed by atoms with Crippen molar-refractivity contribution in [2.75, 3.05) is 39.9 Å². The van der Waals surface area contributed by atoms with E-state index < -0.39 is 0 Å². The lowest BCUT2D eigenvalue weighted by Crippen LogP contribution is -2.33. The van der Waals surface area contributed by atoms with Crippen LogP contribution in [0.25, 0.3) is 0 Å². The van der Waals surface area contributed by atoms with Gasteiger partial charge in [-0.1, -0.05) is 6.42 Å². The minimum Gasteiger partial charge on any atom is -0.384 e. The van der Waals surface area contributed by atoms with E-state index in [-0.39, 0.29) is 0 Å². The summed E-state index contributed by atoms with van der Waals surface area (Å²) in [5, 5.41) is 0. The van der Waals surface area contributed by atoms with Gasteiger partial charge in [0.1, 0.15) is 0 Å². The molecule has 0 aromatic rings. The van der Waals surface area contributed by atoms with Gasteiger partial charge in [0.05, 0.1) is 6.61 Å². The number of hydrogen-bond acceptors (Lipinski definition) is 3. The van der Waals surface area contributed by atoms with E-state index >= 15 is 0 Å².